The lowest BCUT2D eigenvalue weighted by Crippen LogP contribution is -2.14. The van der Waals surface area contributed by atoms with Crippen molar-refractivity contribution in [3.8, 4) is 11.5 Å². The summed E-state index contributed by atoms with van der Waals surface area (Å²) in [7, 11) is 4.61. The van der Waals surface area contributed by atoms with Crippen LogP contribution >= 0.6 is 0 Å². The Morgan fingerprint density at radius 1 is 1.11 bits per heavy atom. The minimum Gasteiger partial charge on any atom is -0.493 e. The molecule has 0 N–H and O–H groups in total. The van der Waals surface area contributed by atoms with Crippen molar-refractivity contribution in [2.75, 3.05) is 21.3 Å². The highest BCUT2D eigenvalue weighted by atomic mass is 16.6. The molecular formula is C14H17NO4. The first-order valence-electron chi connectivity index (χ1n) is 6.11. The van der Waals surface area contributed by atoms with Gasteiger partial charge in [-0.2, -0.15) is 0 Å². The summed E-state index contributed by atoms with van der Waals surface area (Å²) < 4.78 is 10.6. The summed E-state index contributed by atoms with van der Waals surface area (Å²) in [5.74, 6) is 1.17. The monoisotopic (exact) mass is 263 g/mol. The Hall–Kier alpha value is -2.04. The van der Waals surface area contributed by atoms with Crippen LogP contribution in [0.3, 0.4) is 0 Å². The predicted octanol–water partition coefficient (Wildman–Crippen LogP) is 2.23. The van der Waals surface area contributed by atoms with Crippen LogP contribution in [0.2, 0.25) is 0 Å². The molecule has 1 aromatic carbocycles. The minimum absolute atomic E-state index is 0.102. The van der Waals surface area contributed by atoms with E-state index < -0.39 is 0 Å². The molecule has 19 heavy (non-hydrogen) atoms. The fourth-order valence-electron chi connectivity index (χ4n) is 2.35. The average Bonchev–Trinajstić information content (AvgIpc) is 2.59. The van der Waals surface area contributed by atoms with Gasteiger partial charge in [-0.1, -0.05) is 5.16 Å². The number of Topliss-reactive ketones (excluding diaryl/α,β-unsaturated/α-hetero) is 1. The molecule has 0 heterocycles. The first kappa shape index (κ1) is 13.4. The highest BCUT2D eigenvalue weighted by Crippen LogP contribution is 2.36. The zero-order chi connectivity index (χ0) is 13.8. The molecule has 0 amide bonds. The highest BCUT2D eigenvalue weighted by Gasteiger charge is 2.26. The minimum atomic E-state index is -0.102. The topological polar surface area (TPSA) is 57.1 Å². The van der Waals surface area contributed by atoms with Crippen LogP contribution in [-0.4, -0.2) is 32.8 Å². The van der Waals surface area contributed by atoms with E-state index in [1.807, 2.05) is 0 Å². The van der Waals surface area contributed by atoms with E-state index in [4.69, 9.17) is 14.3 Å². The van der Waals surface area contributed by atoms with Crippen molar-refractivity contribution in [1.82, 2.24) is 0 Å². The maximum Gasteiger partial charge on any atom is 0.210 e. The molecule has 5 heteroatoms. The summed E-state index contributed by atoms with van der Waals surface area (Å²) in [5, 5.41) is 3.82. The Labute approximate surface area is 112 Å². The maximum absolute atomic E-state index is 12.4. The number of methoxy groups -OCH3 is 2. The zero-order valence-corrected chi connectivity index (χ0v) is 11.4. The van der Waals surface area contributed by atoms with Crippen LogP contribution in [0.25, 0.3) is 0 Å². The second-order valence-corrected chi connectivity index (χ2v) is 4.23. The van der Waals surface area contributed by atoms with Crippen LogP contribution < -0.4 is 9.47 Å². The first-order valence-corrected chi connectivity index (χ1v) is 6.11. The SMILES string of the molecule is CO/N=C1\CCCc2c(ccc(OC)c2OC)C1=O. The number of hydrogen-bond donors (Lipinski definition) is 0. The highest BCUT2D eigenvalue weighted by molar-refractivity contribution is 6.46. The fraction of sp³-hybridized carbons (Fsp3) is 0.429. The Morgan fingerprint density at radius 2 is 1.89 bits per heavy atom. The normalized spacial score (nSPS) is 16.8. The molecule has 1 aliphatic carbocycles. The third-order valence-electron chi connectivity index (χ3n) is 3.20. The van der Waals surface area contributed by atoms with E-state index >= 15 is 0 Å². The van der Waals surface area contributed by atoms with E-state index in [1.54, 1.807) is 26.4 Å². The third-order valence-corrected chi connectivity index (χ3v) is 3.20. The van der Waals surface area contributed by atoms with Gasteiger partial charge in [-0.15, -0.1) is 0 Å². The summed E-state index contributed by atoms with van der Waals surface area (Å²) in [6.07, 6.45) is 2.18. The molecule has 0 radical (unpaired) electrons. The molecule has 0 unspecified atom stereocenters. The molecule has 0 saturated heterocycles. The Balaban J connectivity index is 2.55. The summed E-state index contributed by atoms with van der Waals surface area (Å²) in [6.45, 7) is 0. The molecule has 0 atom stereocenters. The quantitative estimate of drug-likeness (QED) is 0.620. The van der Waals surface area contributed by atoms with E-state index in [-0.39, 0.29) is 5.78 Å². The molecule has 0 aromatic heterocycles. The number of ketones is 1. The van der Waals surface area contributed by atoms with Crippen molar-refractivity contribution in [2.45, 2.75) is 19.3 Å². The van der Waals surface area contributed by atoms with E-state index in [9.17, 15) is 4.79 Å². The first-order chi connectivity index (χ1) is 9.22. The van der Waals surface area contributed by atoms with E-state index in [2.05, 4.69) is 5.16 Å². The number of carbonyl (C=O) groups is 1. The van der Waals surface area contributed by atoms with Gasteiger partial charge in [0.2, 0.25) is 5.78 Å². The summed E-state index contributed by atoms with van der Waals surface area (Å²) in [5.41, 5.74) is 1.95. The molecule has 5 nitrogen and oxygen atoms in total. The predicted molar refractivity (Wildman–Crippen MR) is 71.3 cm³/mol. The van der Waals surface area contributed by atoms with Gasteiger partial charge >= 0.3 is 0 Å². The number of carbonyl (C=O) groups excluding carboxylic acids is 1. The van der Waals surface area contributed by atoms with Gasteiger partial charge in [-0.25, -0.2) is 0 Å². The lowest BCUT2D eigenvalue weighted by molar-refractivity contribution is 0.105. The van der Waals surface area contributed by atoms with Gasteiger partial charge in [0.05, 0.1) is 14.2 Å². The van der Waals surface area contributed by atoms with Gasteiger partial charge in [0, 0.05) is 11.1 Å². The number of fused-ring (bicyclic) bond motifs is 1. The Morgan fingerprint density at radius 3 is 2.53 bits per heavy atom. The molecule has 1 aliphatic rings. The third kappa shape index (κ3) is 2.41. The standard InChI is InChI=1S/C14H17NO4/c1-17-12-8-7-9-10(14(12)18-2)5-4-6-11(13(9)16)15-19-3/h7-8H,4-6H2,1-3H3/b15-11+. The number of rotatable bonds is 3. The molecule has 1 aromatic rings. The average molecular weight is 263 g/mol. The van der Waals surface area contributed by atoms with Gasteiger partial charge in [0.25, 0.3) is 0 Å². The number of oxime groups is 1. The molecule has 0 saturated carbocycles. The van der Waals surface area contributed by atoms with Crippen LogP contribution in [0, 0.1) is 0 Å². The number of hydrogen-bond acceptors (Lipinski definition) is 5. The van der Waals surface area contributed by atoms with Gasteiger partial charge in [-0.05, 0) is 31.4 Å². The van der Waals surface area contributed by atoms with Crippen molar-refractivity contribution in [1.29, 1.82) is 0 Å². The molecule has 0 fully saturated rings. The molecule has 102 valence electrons. The second-order valence-electron chi connectivity index (χ2n) is 4.23. The van der Waals surface area contributed by atoms with Crippen LogP contribution in [0.5, 0.6) is 11.5 Å². The molecule has 0 spiro atoms. The smallest absolute Gasteiger partial charge is 0.210 e. The maximum atomic E-state index is 12.4. The molecular weight excluding hydrogens is 246 g/mol. The summed E-state index contributed by atoms with van der Waals surface area (Å²) >= 11 is 0. The second kappa shape index (κ2) is 5.73. The Kier molecular flexibility index (Phi) is 4.04. The molecule has 2 rings (SSSR count). The van der Waals surface area contributed by atoms with Crippen molar-refractivity contribution in [3.63, 3.8) is 0 Å². The lowest BCUT2D eigenvalue weighted by atomic mass is 10.00. The lowest BCUT2D eigenvalue weighted by Gasteiger charge is -2.14. The van der Waals surface area contributed by atoms with Gasteiger partial charge in [0.1, 0.15) is 12.8 Å². The number of nitrogens with zero attached hydrogens (tertiary/aromatic N) is 1. The summed E-state index contributed by atoms with van der Waals surface area (Å²) in [6, 6.07) is 3.50. The van der Waals surface area contributed by atoms with Crippen molar-refractivity contribution >= 4 is 11.5 Å². The zero-order valence-electron chi connectivity index (χ0n) is 11.4. The van der Waals surface area contributed by atoms with Crippen molar-refractivity contribution < 1.29 is 19.1 Å². The van der Waals surface area contributed by atoms with Crippen molar-refractivity contribution in [2.24, 2.45) is 5.16 Å². The molecule has 0 aliphatic heterocycles. The fourth-order valence-corrected chi connectivity index (χ4v) is 2.35. The van der Waals surface area contributed by atoms with Crippen LogP contribution in [0.4, 0.5) is 0 Å². The number of ether oxygens (including phenoxy) is 2. The van der Waals surface area contributed by atoms with E-state index in [1.165, 1.54) is 7.11 Å². The van der Waals surface area contributed by atoms with Gasteiger partial charge < -0.3 is 14.3 Å². The molecule has 0 bridgehead atoms. The number of benzene rings is 1. The van der Waals surface area contributed by atoms with E-state index in [0.717, 1.165) is 18.4 Å². The van der Waals surface area contributed by atoms with Gasteiger partial charge in [-0.3, -0.25) is 4.79 Å². The van der Waals surface area contributed by atoms with Crippen LogP contribution in [-0.2, 0) is 11.3 Å². The van der Waals surface area contributed by atoms with Crippen molar-refractivity contribution in [3.05, 3.63) is 23.3 Å². The van der Waals surface area contributed by atoms with E-state index in [0.29, 0.717) is 29.2 Å². The summed E-state index contributed by atoms with van der Waals surface area (Å²) in [4.78, 5) is 17.1. The van der Waals surface area contributed by atoms with Crippen LogP contribution in [0.1, 0.15) is 28.8 Å². The Bertz CT molecular complexity index is 522. The largest absolute Gasteiger partial charge is 0.493 e. The van der Waals surface area contributed by atoms with Crippen LogP contribution in [0.15, 0.2) is 17.3 Å². The van der Waals surface area contributed by atoms with Gasteiger partial charge in [0.15, 0.2) is 11.5 Å².